The van der Waals surface area contributed by atoms with Gasteiger partial charge in [-0.25, -0.2) is 4.98 Å². The maximum atomic E-state index is 4.84. The van der Waals surface area contributed by atoms with Gasteiger partial charge < -0.3 is 15.0 Å². The molecule has 2 aromatic rings. The van der Waals surface area contributed by atoms with Crippen molar-refractivity contribution in [1.82, 2.24) is 24.6 Å². The van der Waals surface area contributed by atoms with Gasteiger partial charge in [-0.05, 0) is 36.8 Å². The Morgan fingerprint density at radius 1 is 1.42 bits per heavy atom. The van der Waals surface area contributed by atoms with Crippen LogP contribution in [0.25, 0.3) is 11.0 Å². The van der Waals surface area contributed by atoms with Gasteiger partial charge in [-0.1, -0.05) is 19.9 Å². The number of aryl methyl sites for hydroxylation is 3. The first kappa shape index (κ1) is 16.7. The number of aromatic nitrogens is 4. The maximum Gasteiger partial charge on any atom is 0.115 e. The quantitative estimate of drug-likeness (QED) is 0.883. The second-order valence-corrected chi connectivity index (χ2v) is 7.50. The van der Waals surface area contributed by atoms with Gasteiger partial charge in [-0.2, -0.15) is 0 Å². The molecule has 2 heterocycles. The van der Waals surface area contributed by atoms with Crippen molar-refractivity contribution < 1.29 is 0 Å². The molecular weight excluding hydrogens is 298 g/mol. The summed E-state index contributed by atoms with van der Waals surface area (Å²) in [7, 11) is 4.06. The van der Waals surface area contributed by atoms with Gasteiger partial charge in [0.15, 0.2) is 0 Å². The largest absolute Gasteiger partial charge is 0.388 e. The first-order valence-electron chi connectivity index (χ1n) is 8.69. The second kappa shape index (κ2) is 6.38. The van der Waals surface area contributed by atoms with Crippen LogP contribution >= 0.6 is 0 Å². The Labute approximate surface area is 144 Å². The number of nitrogens with zero attached hydrogens (tertiary/aromatic N) is 3. The number of allylic oxidation sites excluding steroid dienone is 1. The van der Waals surface area contributed by atoms with Crippen molar-refractivity contribution in [3.8, 4) is 0 Å². The Bertz CT molecular complexity index is 799. The van der Waals surface area contributed by atoms with Crippen molar-refractivity contribution >= 4 is 11.0 Å². The van der Waals surface area contributed by atoms with Crippen LogP contribution in [0.5, 0.6) is 0 Å². The molecule has 2 aromatic heterocycles. The molecule has 0 amide bonds. The average Bonchev–Trinajstić information content (AvgIpc) is 2.77. The Morgan fingerprint density at radius 3 is 2.83 bits per heavy atom. The van der Waals surface area contributed by atoms with Gasteiger partial charge in [0, 0.05) is 45.2 Å². The number of H-pyrrole nitrogens is 1. The van der Waals surface area contributed by atoms with Gasteiger partial charge in [0.05, 0.1) is 5.52 Å². The molecule has 0 aromatic carbocycles. The van der Waals surface area contributed by atoms with Crippen LogP contribution in [0.2, 0.25) is 0 Å². The third-order valence-electron chi connectivity index (χ3n) is 5.21. The summed E-state index contributed by atoms with van der Waals surface area (Å²) in [5.74, 6) is 1.04. The monoisotopic (exact) mass is 327 g/mol. The van der Waals surface area contributed by atoms with E-state index in [1.54, 1.807) is 0 Å². The molecule has 5 nitrogen and oxygen atoms in total. The third-order valence-corrected chi connectivity index (χ3v) is 5.21. The van der Waals surface area contributed by atoms with Crippen LogP contribution < -0.4 is 5.32 Å². The number of rotatable bonds is 5. The predicted octanol–water partition coefficient (Wildman–Crippen LogP) is 3.51. The van der Waals surface area contributed by atoms with Gasteiger partial charge in [-0.3, -0.25) is 4.68 Å². The van der Waals surface area contributed by atoms with Crippen LogP contribution in [0.15, 0.2) is 30.7 Å². The molecule has 24 heavy (non-hydrogen) atoms. The smallest absolute Gasteiger partial charge is 0.115 e. The van der Waals surface area contributed by atoms with Crippen molar-refractivity contribution in [3.05, 3.63) is 42.1 Å². The Hall–Kier alpha value is -2.17. The lowest BCUT2D eigenvalue weighted by molar-refractivity contribution is 0.161. The van der Waals surface area contributed by atoms with Crippen LogP contribution in [-0.2, 0) is 20.5 Å². The molecule has 0 aliphatic heterocycles. The fourth-order valence-electron chi connectivity index (χ4n) is 3.41. The lowest BCUT2D eigenvalue weighted by Crippen LogP contribution is -2.37. The van der Waals surface area contributed by atoms with E-state index < -0.39 is 0 Å². The molecule has 130 valence electrons. The van der Waals surface area contributed by atoms with E-state index in [-0.39, 0.29) is 0 Å². The van der Waals surface area contributed by atoms with Crippen LogP contribution in [-0.4, -0.2) is 25.9 Å². The van der Waals surface area contributed by atoms with Crippen molar-refractivity contribution in [2.75, 3.05) is 6.54 Å². The zero-order chi connectivity index (χ0) is 17.3. The lowest BCUT2D eigenvalue weighted by Gasteiger charge is -2.38. The summed E-state index contributed by atoms with van der Waals surface area (Å²) in [6.45, 7) is 9.70. The number of hydrogen-bond acceptors (Lipinski definition) is 2. The van der Waals surface area contributed by atoms with E-state index in [4.69, 9.17) is 4.98 Å². The summed E-state index contributed by atoms with van der Waals surface area (Å²) in [6.07, 6.45) is 8.72. The van der Waals surface area contributed by atoms with Gasteiger partial charge in [0.1, 0.15) is 11.3 Å². The first-order valence-corrected chi connectivity index (χ1v) is 8.69. The Morgan fingerprint density at radius 2 is 2.17 bits per heavy atom. The molecule has 0 saturated heterocycles. The van der Waals surface area contributed by atoms with E-state index in [0.717, 1.165) is 35.5 Å². The summed E-state index contributed by atoms with van der Waals surface area (Å²) >= 11 is 0. The SMILES string of the molecule is C=C(Cc1nc2cn(C)[nH]ccc(C)c2n1C)NCC1(C)CCC1. The fourth-order valence-corrected chi connectivity index (χ4v) is 3.41. The summed E-state index contributed by atoms with van der Waals surface area (Å²) in [5, 5.41) is 6.70. The highest BCUT2D eigenvalue weighted by Crippen LogP contribution is 2.39. The lowest BCUT2D eigenvalue weighted by atomic mass is 9.70. The van der Waals surface area contributed by atoms with Crippen molar-refractivity contribution in [3.63, 3.8) is 0 Å². The normalized spacial score (nSPS) is 15.8. The zero-order valence-corrected chi connectivity index (χ0v) is 15.3. The second-order valence-electron chi connectivity index (χ2n) is 7.50. The topological polar surface area (TPSA) is 50.6 Å². The number of aromatic amines is 1. The van der Waals surface area contributed by atoms with Crippen molar-refractivity contribution in [2.24, 2.45) is 19.5 Å². The van der Waals surface area contributed by atoms with E-state index in [1.807, 2.05) is 24.1 Å². The molecule has 1 aliphatic rings. The maximum absolute atomic E-state index is 4.84. The van der Waals surface area contributed by atoms with E-state index in [1.165, 1.54) is 24.8 Å². The van der Waals surface area contributed by atoms with E-state index in [2.05, 4.69) is 48.5 Å². The van der Waals surface area contributed by atoms with Crippen LogP contribution in [0.3, 0.4) is 0 Å². The summed E-state index contributed by atoms with van der Waals surface area (Å²) < 4.78 is 4.10. The van der Waals surface area contributed by atoms with Crippen LogP contribution in [0.1, 0.15) is 37.6 Å². The zero-order valence-electron chi connectivity index (χ0n) is 15.3. The van der Waals surface area contributed by atoms with E-state index >= 15 is 0 Å². The summed E-state index contributed by atoms with van der Waals surface area (Å²) in [6, 6.07) is 2.08. The van der Waals surface area contributed by atoms with Crippen LogP contribution in [0, 0.1) is 12.3 Å². The molecule has 0 radical (unpaired) electrons. The van der Waals surface area contributed by atoms with E-state index in [9.17, 15) is 0 Å². The minimum Gasteiger partial charge on any atom is -0.388 e. The molecule has 0 unspecified atom stereocenters. The Kier molecular flexibility index (Phi) is 4.43. The highest BCUT2D eigenvalue weighted by atomic mass is 15.2. The van der Waals surface area contributed by atoms with Gasteiger partial charge in [0.2, 0.25) is 0 Å². The number of imidazole rings is 1. The Balaban J connectivity index is 1.83. The number of nitrogens with one attached hydrogen (secondary N) is 2. The summed E-state index contributed by atoms with van der Waals surface area (Å²) in [4.78, 5) is 4.84. The summed E-state index contributed by atoms with van der Waals surface area (Å²) in [5.41, 5.74) is 4.85. The molecule has 1 aliphatic carbocycles. The average molecular weight is 327 g/mol. The highest BCUT2D eigenvalue weighted by Gasteiger charge is 2.31. The molecule has 5 heteroatoms. The minimum absolute atomic E-state index is 0.455. The van der Waals surface area contributed by atoms with E-state index in [0.29, 0.717) is 5.41 Å². The fraction of sp³-hybridized carbons (Fsp3) is 0.526. The molecular formula is C19H29N5. The number of hydrogen-bond donors (Lipinski definition) is 2. The molecule has 0 bridgehead atoms. The van der Waals surface area contributed by atoms with Gasteiger partial charge >= 0.3 is 0 Å². The molecule has 3 rings (SSSR count). The molecule has 1 fully saturated rings. The molecule has 0 spiro atoms. The predicted molar refractivity (Wildman–Crippen MR) is 99.2 cm³/mol. The molecule has 0 atom stereocenters. The van der Waals surface area contributed by atoms with Gasteiger partial charge in [0.25, 0.3) is 0 Å². The minimum atomic E-state index is 0.455. The molecule has 2 N–H and O–H groups in total. The first-order chi connectivity index (χ1) is 11.4. The highest BCUT2D eigenvalue weighted by molar-refractivity contribution is 5.77. The van der Waals surface area contributed by atoms with Crippen molar-refractivity contribution in [1.29, 1.82) is 0 Å². The van der Waals surface area contributed by atoms with Crippen LogP contribution in [0.4, 0.5) is 0 Å². The van der Waals surface area contributed by atoms with Crippen molar-refractivity contribution in [2.45, 2.75) is 39.5 Å². The van der Waals surface area contributed by atoms with Gasteiger partial charge in [-0.15, -0.1) is 0 Å². The standard InChI is InChI=1S/C19H29N5/c1-14-7-10-21-23(4)12-16-18(14)24(5)17(22-16)11-15(2)20-13-19(3)8-6-9-19/h7,10,12,20-21H,2,6,8-9,11,13H2,1,3-5H3. The number of fused-ring (bicyclic) bond motifs is 1. The third kappa shape index (κ3) is 3.35. The molecule has 1 saturated carbocycles.